The Hall–Kier alpha value is -0.120. The summed E-state index contributed by atoms with van der Waals surface area (Å²) in [5.41, 5.74) is 0. The molecule has 1 saturated heterocycles. The number of hydrogen-bond acceptors (Lipinski definition) is 3. The third kappa shape index (κ3) is 2.43. The summed E-state index contributed by atoms with van der Waals surface area (Å²) in [6, 6.07) is 0. The average Bonchev–Trinajstić information content (AvgIpc) is 2.09. The van der Waals surface area contributed by atoms with Crippen molar-refractivity contribution in [3.63, 3.8) is 0 Å². The summed E-state index contributed by atoms with van der Waals surface area (Å²) in [6.45, 7) is 1.75. The van der Waals surface area contributed by atoms with Crippen molar-refractivity contribution in [1.29, 1.82) is 0 Å². The van der Waals surface area contributed by atoms with E-state index in [1.807, 2.05) is 0 Å². The Morgan fingerprint density at radius 1 is 1.55 bits per heavy atom. The molecule has 0 aromatic heterocycles. The monoisotopic (exact) mass is 160 g/mol. The molecule has 1 fully saturated rings. The first-order valence-corrected chi connectivity index (χ1v) is 4.10. The lowest BCUT2D eigenvalue weighted by Gasteiger charge is -2.27. The number of hydrogen-bond donors (Lipinski definition) is 1. The van der Waals surface area contributed by atoms with Crippen molar-refractivity contribution in [2.45, 2.75) is 18.9 Å². The van der Waals surface area contributed by atoms with Gasteiger partial charge in [-0.15, -0.1) is 0 Å². The van der Waals surface area contributed by atoms with Crippen molar-refractivity contribution in [2.75, 3.05) is 26.9 Å². The van der Waals surface area contributed by atoms with Gasteiger partial charge in [0.1, 0.15) is 0 Å². The first-order valence-electron chi connectivity index (χ1n) is 4.10. The maximum Gasteiger partial charge on any atom is 0.0831 e. The molecule has 0 saturated carbocycles. The van der Waals surface area contributed by atoms with Crippen LogP contribution in [0.4, 0.5) is 0 Å². The highest BCUT2D eigenvalue weighted by molar-refractivity contribution is 4.71. The van der Waals surface area contributed by atoms with Gasteiger partial charge in [-0.25, -0.2) is 0 Å². The van der Waals surface area contributed by atoms with Crippen LogP contribution in [0.5, 0.6) is 0 Å². The van der Waals surface area contributed by atoms with Crippen LogP contribution >= 0.6 is 0 Å². The third-order valence-corrected chi connectivity index (χ3v) is 2.27. The summed E-state index contributed by atoms with van der Waals surface area (Å²) < 4.78 is 10.3. The summed E-state index contributed by atoms with van der Waals surface area (Å²) in [7, 11) is 1.65. The number of rotatable bonds is 3. The summed E-state index contributed by atoms with van der Waals surface area (Å²) in [5.74, 6) is 0.485. The summed E-state index contributed by atoms with van der Waals surface area (Å²) in [4.78, 5) is 0. The van der Waals surface area contributed by atoms with E-state index in [0.29, 0.717) is 5.92 Å². The second kappa shape index (κ2) is 4.70. The molecule has 0 amide bonds. The molecule has 0 radical (unpaired) electrons. The highest BCUT2D eigenvalue weighted by atomic mass is 16.5. The first kappa shape index (κ1) is 8.97. The van der Waals surface area contributed by atoms with Gasteiger partial charge in [0, 0.05) is 20.3 Å². The molecule has 1 atom stereocenters. The van der Waals surface area contributed by atoms with E-state index in [1.165, 1.54) is 0 Å². The van der Waals surface area contributed by atoms with Gasteiger partial charge < -0.3 is 14.6 Å². The third-order valence-electron chi connectivity index (χ3n) is 2.27. The second-order valence-electron chi connectivity index (χ2n) is 2.91. The van der Waals surface area contributed by atoms with Gasteiger partial charge in [0.05, 0.1) is 12.7 Å². The van der Waals surface area contributed by atoms with E-state index < -0.39 is 0 Å². The predicted molar refractivity (Wildman–Crippen MR) is 41.4 cm³/mol. The lowest BCUT2D eigenvalue weighted by molar-refractivity contribution is -0.0368. The maximum absolute atomic E-state index is 8.91. The van der Waals surface area contributed by atoms with Crippen molar-refractivity contribution in [1.82, 2.24) is 0 Å². The largest absolute Gasteiger partial charge is 0.394 e. The molecule has 1 N–H and O–H groups in total. The quantitative estimate of drug-likeness (QED) is 0.650. The molecule has 0 spiro atoms. The van der Waals surface area contributed by atoms with Crippen molar-refractivity contribution in [2.24, 2.45) is 5.92 Å². The highest BCUT2D eigenvalue weighted by Gasteiger charge is 2.22. The molecule has 0 aromatic rings. The standard InChI is InChI=1S/C8H16O3/c1-10-8(6-9)7-2-4-11-5-3-7/h7-9H,2-6H2,1H3/t8-/m1/s1. The molecule has 3 nitrogen and oxygen atoms in total. The van der Waals surface area contributed by atoms with Crippen molar-refractivity contribution in [3.05, 3.63) is 0 Å². The average molecular weight is 160 g/mol. The Balaban J connectivity index is 2.30. The molecule has 1 aliphatic heterocycles. The molecular weight excluding hydrogens is 144 g/mol. The van der Waals surface area contributed by atoms with Crippen molar-refractivity contribution < 1.29 is 14.6 Å². The summed E-state index contributed by atoms with van der Waals surface area (Å²) in [6.07, 6.45) is 2.04. The molecule has 66 valence electrons. The van der Waals surface area contributed by atoms with E-state index in [1.54, 1.807) is 7.11 Å². The summed E-state index contributed by atoms with van der Waals surface area (Å²) in [5, 5.41) is 8.91. The smallest absolute Gasteiger partial charge is 0.0831 e. The normalized spacial score (nSPS) is 23.5. The zero-order valence-corrected chi connectivity index (χ0v) is 6.95. The van der Waals surface area contributed by atoms with Gasteiger partial charge in [-0.3, -0.25) is 0 Å². The number of aliphatic hydroxyl groups is 1. The number of ether oxygens (including phenoxy) is 2. The summed E-state index contributed by atoms with van der Waals surface area (Å²) >= 11 is 0. The molecule has 0 bridgehead atoms. The fraction of sp³-hybridized carbons (Fsp3) is 1.00. The van der Waals surface area contributed by atoms with Crippen LogP contribution in [0.2, 0.25) is 0 Å². The molecule has 1 rings (SSSR count). The number of methoxy groups -OCH3 is 1. The molecule has 0 aromatic carbocycles. The van der Waals surface area contributed by atoms with Gasteiger partial charge in [-0.05, 0) is 18.8 Å². The predicted octanol–water partition coefficient (Wildman–Crippen LogP) is 0.420. The Kier molecular flexibility index (Phi) is 3.83. The van der Waals surface area contributed by atoms with Crippen LogP contribution in [0, 0.1) is 5.92 Å². The molecule has 0 unspecified atom stereocenters. The van der Waals surface area contributed by atoms with E-state index in [0.717, 1.165) is 26.1 Å². The highest BCUT2D eigenvalue weighted by Crippen LogP contribution is 2.20. The molecule has 1 heterocycles. The van der Waals surface area contributed by atoms with Gasteiger partial charge in [-0.1, -0.05) is 0 Å². The minimum atomic E-state index is 0.0129. The molecule has 3 heteroatoms. The van der Waals surface area contributed by atoms with Crippen molar-refractivity contribution >= 4 is 0 Å². The topological polar surface area (TPSA) is 38.7 Å². The second-order valence-corrected chi connectivity index (χ2v) is 2.91. The van der Waals surface area contributed by atoms with Gasteiger partial charge >= 0.3 is 0 Å². The van der Waals surface area contributed by atoms with Gasteiger partial charge in [0.15, 0.2) is 0 Å². The Labute approximate surface area is 67.3 Å². The zero-order valence-electron chi connectivity index (χ0n) is 6.95. The van der Waals surface area contributed by atoms with Gasteiger partial charge in [0.2, 0.25) is 0 Å². The number of aliphatic hydroxyl groups excluding tert-OH is 1. The SMILES string of the molecule is CO[C@H](CO)C1CCOCC1. The van der Waals surface area contributed by atoms with Crippen molar-refractivity contribution in [3.8, 4) is 0 Å². The first-order chi connectivity index (χ1) is 5.38. The Morgan fingerprint density at radius 2 is 2.18 bits per heavy atom. The van der Waals surface area contributed by atoms with Crippen LogP contribution < -0.4 is 0 Å². The van der Waals surface area contributed by atoms with Crippen LogP contribution in [-0.4, -0.2) is 38.1 Å². The van der Waals surface area contributed by atoms with Crippen LogP contribution in [0.15, 0.2) is 0 Å². The minimum absolute atomic E-state index is 0.0129. The van der Waals surface area contributed by atoms with Crippen LogP contribution in [0.3, 0.4) is 0 Å². The van der Waals surface area contributed by atoms with E-state index >= 15 is 0 Å². The van der Waals surface area contributed by atoms with E-state index in [4.69, 9.17) is 14.6 Å². The van der Waals surface area contributed by atoms with E-state index in [-0.39, 0.29) is 12.7 Å². The Morgan fingerprint density at radius 3 is 2.64 bits per heavy atom. The van der Waals surface area contributed by atoms with E-state index in [2.05, 4.69) is 0 Å². The molecular formula is C8H16O3. The lowest BCUT2D eigenvalue weighted by Crippen LogP contribution is -2.31. The molecule has 0 aliphatic carbocycles. The molecule has 11 heavy (non-hydrogen) atoms. The Bertz CT molecular complexity index is 95.5. The van der Waals surface area contributed by atoms with Gasteiger partial charge in [-0.2, -0.15) is 0 Å². The zero-order chi connectivity index (χ0) is 8.10. The van der Waals surface area contributed by atoms with Gasteiger partial charge in [0.25, 0.3) is 0 Å². The minimum Gasteiger partial charge on any atom is -0.394 e. The fourth-order valence-electron chi connectivity index (χ4n) is 1.50. The fourth-order valence-corrected chi connectivity index (χ4v) is 1.50. The van der Waals surface area contributed by atoms with Crippen LogP contribution in [0.1, 0.15) is 12.8 Å². The van der Waals surface area contributed by atoms with Crippen LogP contribution in [0.25, 0.3) is 0 Å². The van der Waals surface area contributed by atoms with E-state index in [9.17, 15) is 0 Å². The lowest BCUT2D eigenvalue weighted by atomic mass is 9.94. The maximum atomic E-state index is 8.91. The molecule has 1 aliphatic rings. The van der Waals surface area contributed by atoms with Crippen LogP contribution in [-0.2, 0) is 9.47 Å².